The van der Waals surface area contributed by atoms with Gasteiger partial charge in [0, 0.05) is 0 Å². The lowest BCUT2D eigenvalue weighted by Gasteiger charge is -2.39. The molecule has 1 aliphatic heterocycles. The average Bonchev–Trinajstić information content (AvgIpc) is 2.42. The molecule has 1 saturated heterocycles. The molecule has 0 bridgehead atoms. The van der Waals surface area contributed by atoms with Gasteiger partial charge in [0.05, 0.1) is 6.61 Å². The average molecular weight is 347 g/mol. The maximum Gasteiger partial charge on any atom is 0.466 e. The molecule has 1 heterocycles. The van der Waals surface area contributed by atoms with Crippen LogP contribution in [-0.4, -0.2) is 74.9 Å². The standard InChI is InChI=1S/C9H17NO9S2/c1-2-5(10-19-21(15,16)17)20-9-8(14)7(13)6(12)4(3-11)18-9/h4,6-9,11-14H,2-3H2,1H3,(H,15,16,17)/b10-5-/t4?,6-,7-,8?,9-/m0/s1. The SMILES string of the molecule is CC/C(=N/OS(=O)(=O)O)S[C@@H]1OC(CO)[C@H](O)[C@H](O)C1O. The molecule has 0 aromatic heterocycles. The van der Waals surface area contributed by atoms with Crippen molar-refractivity contribution < 1.29 is 42.4 Å². The molecule has 5 atom stereocenters. The minimum absolute atomic E-state index is 0.0527. The molecule has 124 valence electrons. The first-order chi connectivity index (χ1) is 9.69. The summed E-state index contributed by atoms with van der Waals surface area (Å²) >= 11 is 0.734. The molecule has 0 amide bonds. The maximum absolute atomic E-state index is 10.4. The van der Waals surface area contributed by atoms with Crippen LogP contribution in [0.1, 0.15) is 13.3 Å². The van der Waals surface area contributed by atoms with Crippen molar-refractivity contribution in [2.75, 3.05) is 6.61 Å². The van der Waals surface area contributed by atoms with Gasteiger partial charge < -0.3 is 25.2 Å². The molecule has 1 aliphatic rings. The number of hydrogen-bond donors (Lipinski definition) is 5. The number of aliphatic hydroxyl groups excluding tert-OH is 4. The Kier molecular flexibility index (Phi) is 6.80. The highest BCUT2D eigenvalue weighted by Gasteiger charge is 2.44. The lowest BCUT2D eigenvalue weighted by Crippen LogP contribution is -2.57. The van der Waals surface area contributed by atoms with Crippen LogP contribution < -0.4 is 0 Å². The van der Waals surface area contributed by atoms with Gasteiger partial charge in [-0.2, -0.15) is 8.42 Å². The molecule has 0 aromatic rings. The van der Waals surface area contributed by atoms with Gasteiger partial charge in [-0.05, 0) is 6.42 Å². The summed E-state index contributed by atoms with van der Waals surface area (Å²) in [6.45, 7) is 1.02. The molecule has 10 nitrogen and oxygen atoms in total. The number of nitrogens with zero attached hydrogens (tertiary/aromatic N) is 1. The zero-order valence-electron chi connectivity index (χ0n) is 10.9. The number of ether oxygens (including phenoxy) is 1. The Morgan fingerprint density at radius 1 is 1.29 bits per heavy atom. The van der Waals surface area contributed by atoms with Crippen LogP contribution in [0, 0.1) is 0 Å². The van der Waals surface area contributed by atoms with Gasteiger partial charge in [-0.1, -0.05) is 23.8 Å². The minimum Gasteiger partial charge on any atom is -0.394 e. The second-order valence-corrected chi connectivity index (χ2v) is 6.33. The largest absolute Gasteiger partial charge is 0.466 e. The highest BCUT2D eigenvalue weighted by atomic mass is 32.3. The van der Waals surface area contributed by atoms with Crippen molar-refractivity contribution in [3.8, 4) is 0 Å². The van der Waals surface area contributed by atoms with Crippen molar-refractivity contribution in [1.82, 2.24) is 0 Å². The summed E-state index contributed by atoms with van der Waals surface area (Å²) in [5, 5.41) is 41.3. The van der Waals surface area contributed by atoms with Gasteiger partial charge in [0.2, 0.25) is 0 Å². The fourth-order valence-electron chi connectivity index (χ4n) is 1.56. The maximum atomic E-state index is 10.4. The number of hydrogen-bond acceptors (Lipinski definition) is 10. The Morgan fingerprint density at radius 3 is 2.38 bits per heavy atom. The van der Waals surface area contributed by atoms with Gasteiger partial charge in [-0.15, -0.1) is 0 Å². The second kappa shape index (κ2) is 7.69. The van der Waals surface area contributed by atoms with Gasteiger partial charge in [0.15, 0.2) is 0 Å². The monoisotopic (exact) mass is 347 g/mol. The highest BCUT2D eigenvalue weighted by Crippen LogP contribution is 2.30. The molecular formula is C9H17NO9S2. The molecular weight excluding hydrogens is 330 g/mol. The van der Waals surface area contributed by atoms with E-state index < -0.39 is 46.9 Å². The second-order valence-electron chi connectivity index (χ2n) is 4.16. The van der Waals surface area contributed by atoms with Crippen LogP contribution in [0.5, 0.6) is 0 Å². The van der Waals surface area contributed by atoms with E-state index in [2.05, 4.69) is 9.44 Å². The summed E-state index contributed by atoms with van der Waals surface area (Å²) in [7, 11) is -4.75. The van der Waals surface area contributed by atoms with Crippen molar-refractivity contribution in [2.24, 2.45) is 5.16 Å². The first-order valence-corrected chi connectivity index (χ1v) is 8.14. The molecule has 0 aliphatic carbocycles. The zero-order valence-corrected chi connectivity index (χ0v) is 12.6. The Balaban J connectivity index is 2.79. The molecule has 5 N–H and O–H groups in total. The fourth-order valence-corrected chi connectivity index (χ4v) is 2.80. The van der Waals surface area contributed by atoms with Crippen molar-refractivity contribution in [3.63, 3.8) is 0 Å². The van der Waals surface area contributed by atoms with Crippen molar-refractivity contribution in [2.45, 2.75) is 43.2 Å². The molecule has 0 spiro atoms. The van der Waals surface area contributed by atoms with Crippen LogP contribution >= 0.6 is 11.8 Å². The molecule has 2 unspecified atom stereocenters. The lowest BCUT2D eigenvalue weighted by atomic mass is 10.0. The molecule has 0 saturated carbocycles. The quantitative estimate of drug-likeness (QED) is 0.163. The van der Waals surface area contributed by atoms with Gasteiger partial charge in [0.25, 0.3) is 0 Å². The van der Waals surface area contributed by atoms with Gasteiger partial charge in [-0.3, -0.25) is 4.55 Å². The summed E-state index contributed by atoms with van der Waals surface area (Å²) in [5.41, 5.74) is -1.11. The van der Waals surface area contributed by atoms with Crippen molar-refractivity contribution in [1.29, 1.82) is 0 Å². The first kappa shape index (κ1) is 18.6. The van der Waals surface area contributed by atoms with Crippen molar-refractivity contribution in [3.05, 3.63) is 0 Å². The Morgan fingerprint density at radius 2 is 1.90 bits per heavy atom. The normalized spacial score (nSPS) is 34.8. The molecule has 1 rings (SSSR count). The summed E-state index contributed by atoms with van der Waals surface area (Å²) in [4.78, 5) is 0. The predicted molar refractivity (Wildman–Crippen MR) is 71.7 cm³/mol. The number of rotatable bonds is 5. The van der Waals surface area contributed by atoms with E-state index in [1.165, 1.54) is 0 Å². The Hall–Kier alpha value is -0.470. The summed E-state index contributed by atoms with van der Waals surface area (Å²) in [5.74, 6) is 0. The van der Waals surface area contributed by atoms with E-state index in [0.29, 0.717) is 0 Å². The third-order valence-electron chi connectivity index (χ3n) is 2.64. The Labute approximate surface area is 125 Å². The molecule has 0 radical (unpaired) electrons. The summed E-state index contributed by atoms with van der Waals surface area (Å²) < 4.78 is 38.3. The molecule has 21 heavy (non-hydrogen) atoms. The van der Waals surface area contributed by atoms with E-state index in [4.69, 9.17) is 14.4 Å². The first-order valence-electron chi connectivity index (χ1n) is 5.89. The zero-order chi connectivity index (χ0) is 16.2. The van der Waals surface area contributed by atoms with E-state index in [0.717, 1.165) is 11.8 Å². The smallest absolute Gasteiger partial charge is 0.394 e. The van der Waals surface area contributed by atoms with Crippen LogP contribution in [0.4, 0.5) is 0 Å². The topological polar surface area (TPSA) is 166 Å². The number of oxime groups is 1. The predicted octanol–water partition coefficient (Wildman–Crippen LogP) is -1.94. The van der Waals surface area contributed by atoms with Crippen LogP contribution in [-0.2, 0) is 19.4 Å². The lowest BCUT2D eigenvalue weighted by molar-refractivity contribution is -0.205. The van der Waals surface area contributed by atoms with E-state index >= 15 is 0 Å². The highest BCUT2D eigenvalue weighted by molar-refractivity contribution is 8.14. The molecule has 12 heteroatoms. The minimum atomic E-state index is -4.75. The van der Waals surface area contributed by atoms with Crippen LogP contribution in [0.25, 0.3) is 0 Å². The van der Waals surface area contributed by atoms with Gasteiger partial charge in [0.1, 0.15) is 34.9 Å². The van der Waals surface area contributed by atoms with E-state index in [-0.39, 0.29) is 11.5 Å². The number of thioether (sulfide) groups is 1. The van der Waals surface area contributed by atoms with Gasteiger partial charge >= 0.3 is 10.4 Å². The molecule has 1 fully saturated rings. The van der Waals surface area contributed by atoms with E-state index in [1.807, 2.05) is 0 Å². The van der Waals surface area contributed by atoms with Gasteiger partial charge in [-0.25, -0.2) is 4.28 Å². The van der Waals surface area contributed by atoms with E-state index in [1.54, 1.807) is 6.92 Å². The van der Waals surface area contributed by atoms with E-state index in [9.17, 15) is 23.7 Å². The van der Waals surface area contributed by atoms with Crippen LogP contribution in [0.2, 0.25) is 0 Å². The summed E-state index contributed by atoms with van der Waals surface area (Å²) in [6.07, 6.45) is -5.42. The van der Waals surface area contributed by atoms with Crippen molar-refractivity contribution >= 4 is 27.2 Å². The summed E-state index contributed by atoms with van der Waals surface area (Å²) in [6, 6.07) is 0. The van der Waals surface area contributed by atoms with Crippen LogP contribution in [0.3, 0.4) is 0 Å². The fraction of sp³-hybridized carbons (Fsp3) is 0.889. The Bertz CT molecular complexity index is 466. The van der Waals surface area contributed by atoms with Crippen LogP contribution in [0.15, 0.2) is 5.16 Å². The number of aliphatic hydroxyl groups is 4. The molecule has 0 aromatic carbocycles. The third-order valence-corrected chi connectivity index (χ3v) is 4.16. The third kappa shape index (κ3) is 5.34.